The molecule has 5 nitrogen and oxygen atoms in total. The molecule has 1 fully saturated rings. The quantitative estimate of drug-likeness (QED) is 0.383. The number of nitrogens with one attached hydrogen (secondary N) is 1. The Morgan fingerprint density at radius 3 is 2.45 bits per heavy atom. The SMILES string of the molecule is Cc1ccc(Cl)cc1N1C(=O)NC(=O)/C(=C\c2cc(Cl)ccc2Cc2cccc(F)c2)C1=O. The molecular formula is C25H17Cl2FN2O3. The largest absolute Gasteiger partial charge is 0.335 e. The number of benzene rings is 3. The van der Waals surface area contributed by atoms with Gasteiger partial charge in [-0.05, 0) is 78.1 Å². The van der Waals surface area contributed by atoms with E-state index in [4.69, 9.17) is 23.2 Å². The van der Waals surface area contributed by atoms with Gasteiger partial charge in [0.2, 0.25) is 0 Å². The van der Waals surface area contributed by atoms with Crippen molar-refractivity contribution in [3.8, 4) is 0 Å². The highest BCUT2D eigenvalue weighted by Crippen LogP contribution is 2.29. The second-order valence-corrected chi connectivity index (χ2v) is 8.41. The maximum atomic E-state index is 13.6. The highest BCUT2D eigenvalue weighted by atomic mass is 35.5. The van der Waals surface area contributed by atoms with E-state index in [1.165, 1.54) is 24.3 Å². The third-order valence-electron chi connectivity index (χ3n) is 5.21. The van der Waals surface area contributed by atoms with E-state index in [0.717, 1.165) is 10.5 Å². The first-order chi connectivity index (χ1) is 15.7. The van der Waals surface area contributed by atoms with Crippen LogP contribution in [0.3, 0.4) is 0 Å². The summed E-state index contributed by atoms with van der Waals surface area (Å²) in [7, 11) is 0. The van der Waals surface area contributed by atoms with Gasteiger partial charge in [0.15, 0.2) is 0 Å². The normalized spacial score (nSPS) is 15.2. The summed E-state index contributed by atoms with van der Waals surface area (Å²) in [6.45, 7) is 1.72. The molecule has 0 spiro atoms. The van der Waals surface area contributed by atoms with Crippen LogP contribution in [0.2, 0.25) is 10.0 Å². The average molecular weight is 483 g/mol. The Bertz CT molecular complexity index is 1340. The van der Waals surface area contributed by atoms with Crippen molar-refractivity contribution in [2.45, 2.75) is 13.3 Å². The molecule has 4 amide bonds. The lowest BCUT2D eigenvalue weighted by Crippen LogP contribution is -2.54. The highest BCUT2D eigenvalue weighted by molar-refractivity contribution is 6.40. The monoisotopic (exact) mass is 482 g/mol. The molecule has 166 valence electrons. The van der Waals surface area contributed by atoms with Gasteiger partial charge in [-0.25, -0.2) is 14.1 Å². The fourth-order valence-corrected chi connectivity index (χ4v) is 3.93. The van der Waals surface area contributed by atoms with Crippen molar-refractivity contribution >= 4 is 52.8 Å². The zero-order chi connectivity index (χ0) is 23.7. The summed E-state index contributed by atoms with van der Waals surface area (Å²) in [5.41, 5.74) is 2.60. The number of anilines is 1. The first kappa shape index (κ1) is 22.7. The first-order valence-electron chi connectivity index (χ1n) is 9.93. The van der Waals surface area contributed by atoms with Crippen LogP contribution in [0, 0.1) is 12.7 Å². The minimum Gasteiger partial charge on any atom is -0.273 e. The van der Waals surface area contributed by atoms with Gasteiger partial charge in [0.1, 0.15) is 11.4 Å². The Labute approximate surface area is 199 Å². The Morgan fingerprint density at radius 1 is 0.970 bits per heavy atom. The molecule has 1 saturated heterocycles. The molecule has 0 bridgehead atoms. The lowest BCUT2D eigenvalue weighted by atomic mass is 9.97. The van der Waals surface area contributed by atoms with E-state index in [2.05, 4.69) is 5.32 Å². The molecule has 1 aliphatic rings. The molecule has 4 rings (SSSR count). The Morgan fingerprint density at radius 2 is 1.70 bits per heavy atom. The van der Waals surface area contributed by atoms with Crippen LogP contribution in [0.15, 0.2) is 66.2 Å². The topological polar surface area (TPSA) is 66.5 Å². The number of barbiturate groups is 1. The number of carbonyl (C=O) groups excluding carboxylic acids is 3. The zero-order valence-electron chi connectivity index (χ0n) is 17.4. The van der Waals surface area contributed by atoms with Crippen molar-refractivity contribution in [3.05, 3.63) is 104 Å². The van der Waals surface area contributed by atoms with Crippen molar-refractivity contribution in [2.75, 3.05) is 4.90 Å². The van der Waals surface area contributed by atoms with Gasteiger partial charge in [0.25, 0.3) is 11.8 Å². The van der Waals surface area contributed by atoms with E-state index in [1.807, 2.05) is 0 Å². The molecule has 0 radical (unpaired) electrons. The molecule has 0 atom stereocenters. The number of nitrogens with zero attached hydrogens (tertiary/aromatic N) is 1. The summed E-state index contributed by atoms with van der Waals surface area (Å²) in [6.07, 6.45) is 1.73. The molecule has 1 aliphatic heterocycles. The van der Waals surface area contributed by atoms with Gasteiger partial charge in [-0.15, -0.1) is 0 Å². The number of carbonyl (C=O) groups is 3. The van der Waals surface area contributed by atoms with Gasteiger partial charge in [-0.1, -0.05) is 47.5 Å². The van der Waals surface area contributed by atoms with Crippen LogP contribution in [0.25, 0.3) is 6.08 Å². The number of rotatable bonds is 4. The summed E-state index contributed by atoms with van der Waals surface area (Å²) in [4.78, 5) is 39.3. The number of halogens is 3. The summed E-state index contributed by atoms with van der Waals surface area (Å²) in [5.74, 6) is -1.97. The van der Waals surface area contributed by atoms with Crippen LogP contribution in [-0.2, 0) is 16.0 Å². The number of hydrogen-bond donors (Lipinski definition) is 1. The minimum atomic E-state index is -0.862. The summed E-state index contributed by atoms with van der Waals surface area (Å²) >= 11 is 12.2. The third-order valence-corrected chi connectivity index (χ3v) is 5.68. The molecule has 0 unspecified atom stereocenters. The van der Waals surface area contributed by atoms with Gasteiger partial charge in [-0.3, -0.25) is 14.9 Å². The number of aryl methyl sites for hydroxylation is 1. The van der Waals surface area contributed by atoms with Crippen LogP contribution in [0.5, 0.6) is 0 Å². The van der Waals surface area contributed by atoms with E-state index in [9.17, 15) is 18.8 Å². The second kappa shape index (κ2) is 9.17. The molecule has 3 aromatic carbocycles. The standard InChI is InChI=1S/C25H17Cl2FN2O3/c1-14-5-7-19(27)13-22(14)30-24(32)21(23(31)29-25(30)33)12-17-11-18(26)8-6-16(17)9-15-3-2-4-20(28)10-15/h2-8,10-13H,9H2,1H3,(H,29,31,33)/b21-12+. The van der Waals surface area contributed by atoms with Crippen LogP contribution >= 0.6 is 23.2 Å². The smallest absolute Gasteiger partial charge is 0.273 e. The predicted molar refractivity (Wildman–Crippen MR) is 126 cm³/mol. The second-order valence-electron chi connectivity index (χ2n) is 7.54. The zero-order valence-corrected chi connectivity index (χ0v) is 18.9. The Kier molecular flexibility index (Phi) is 6.31. The van der Waals surface area contributed by atoms with E-state index in [1.54, 1.807) is 49.4 Å². The average Bonchev–Trinajstić information content (AvgIpc) is 2.75. The van der Waals surface area contributed by atoms with Crippen LogP contribution in [0.1, 0.15) is 22.3 Å². The number of amides is 4. The molecule has 33 heavy (non-hydrogen) atoms. The summed E-state index contributed by atoms with van der Waals surface area (Å²) in [5, 5.41) is 2.93. The predicted octanol–water partition coefficient (Wildman–Crippen LogP) is 5.70. The van der Waals surface area contributed by atoms with Crippen molar-refractivity contribution in [1.29, 1.82) is 0 Å². The Balaban J connectivity index is 1.77. The maximum Gasteiger partial charge on any atom is 0.335 e. The first-order valence-corrected chi connectivity index (χ1v) is 10.7. The lowest BCUT2D eigenvalue weighted by Gasteiger charge is -2.27. The van der Waals surface area contributed by atoms with Crippen LogP contribution in [0.4, 0.5) is 14.9 Å². The maximum absolute atomic E-state index is 13.6. The molecule has 0 saturated carbocycles. The number of imide groups is 2. The lowest BCUT2D eigenvalue weighted by molar-refractivity contribution is -0.122. The van der Waals surface area contributed by atoms with Gasteiger partial charge < -0.3 is 0 Å². The molecule has 1 heterocycles. The van der Waals surface area contributed by atoms with Crippen LogP contribution < -0.4 is 10.2 Å². The Hall–Kier alpha value is -3.48. The van der Waals surface area contributed by atoms with E-state index < -0.39 is 17.8 Å². The van der Waals surface area contributed by atoms with Crippen molar-refractivity contribution < 1.29 is 18.8 Å². The number of hydrogen-bond acceptors (Lipinski definition) is 3. The summed E-state index contributed by atoms with van der Waals surface area (Å²) < 4.78 is 13.6. The van der Waals surface area contributed by atoms with Crippen LogP contribution in [-0.4, -0.2) is 17.8 Å². The molecule has 8 heteroatoms. The van der Waals surface area contributed by atoms with E-state index >= 15 is 0 Å². The van der Waals surface area contributed by atoms with Crippen molar-refractivity contribution in [1.82, 2.24) is 5.32 Å². The molecule has 3 aromatic rings. The van der Waals surface area contributed by atoms with Gasteiger partial charge in [0.05, 0.1) is 5.69 Å². The van der Waals surface area contributed by atoms with Gasteiger partial charge in [-0.2, -0.15) is 0 Å². The molecule has 1 N–H and O–H groups in total. The minimum absolute atomic E-state index is 0.239. The molecule has 0 aliphatic carbocycles. The number of urea groups is 1. The van der Waals surface area contributed by atoms with Gasteiger partial charge >= 0.3 is 6.03 Å². The van der Waals surface area contributed by atoms with E-state index in [-0.39, 0.29) is 17.1 Å². The van der Waals surface area contributed by atoms with Crippen molar-refractivity contribution in [2.24, 2.45) is 0 Å². The third kappa shape index (κ3) is 4.82. The van der Waals surface area contributed by atoms with E-state index in [0.29, 0.717) is 33.2 Å². The highest BCUT2D eigenvalue weighted by Gasteiger charge is 2.37. The van der Waals surface area contributed by atoms with Gasteiger partial charge in [0, 0.05) is 10.0 Å². The molecular weight excluding hydrogens is 466 g/mol. The molecule has 0 aromatic heterocycles. The summed E-state index contributed by atoms with van der Waals surface area (Å²) in [6, 6.07) is 15.1. The van der Waals surface area contributed by atoms with Crippen molar-refractivity contribution in [3.63, 3.8) is 0 Å². The fourth-order valence-electron chi connectivity index (χ4n) is 3.58. The fraction of sp³-hybridized carbons (Fsp3) is 0.0800.